The Kier molecular flexibility index (Phi) is 4.80. The Balaban J connectivity index is 2.13. The van der Waals surface area contributed by atoms with Crippen LogP contribution in [0, 0.1) is 18.6 Å². The van der Waals surface area contributed by atoms with Crippen molar-refractivity contribution in [2.24, 2.45) is 0 Å². The summed E-state index contributed by atoms with van der Waals surface area (Å²) >= 11 is 9.27. The maximum atomic E-state index is 13.4. The SMILES string of the molecule is Cc1cc(Br)c(NC(=O)Nc2ccc(F)cc2F)cc1Cl. The first-order chi connectivity index (χ1) is 9.86. The third kappa shape index (κ3) is 3.92. The fourth-order valence-electron chi connectivity index (χ4n) is 1.61. The number of benzene rings is 2. The number of anilines is 2. The number of rotatable bonds is 2. The molecule has 0 fully saturated rings. The molecule has 0 radical (unpaired) electrons. The zero-order valence-electron chi connectivity index (χ0n) is 10.8. The van der Waals surface area contributed by atoms with E-state index in [-0.39, 0.29) is 5.69 Å². The summed E-state index contributed by atoms with van der Waals surface area (Å²) in [6, 6.07) is 5.53. The Hall–Kier alpha value is -1.66. The third-order valence-corrected chi connectivity index (χ3v) is 3.74. The molecule has 0 aliphatic carbocycles. The van der Waals surface area contributed by atoms with Gasteiger partial charge in [0.05, 0.1) is 11.4 Å². The highest BCUT2D eigenvalue weighted by Crippen LogP contribution is 2.29. The molecule has 0 aliphatic heterocycles. The van der Waals surface area contributed by atoms with Gasteiger partial charge in [0.1, 0.15) is 11.6 Å². The average molecular weight is 376 g/mol. The Morgan fingerprint density at radius 1 is 1.14 bits per heavy atom. The van der Waals surface area contributed by atoms with Crippen LogP contribution in [-0.2, 0) is 0 Å². The van der Waals surface area contributed by atoms with Crippen LogP contribution in [0.5, 0.6) is 0 Å². The zero-order valence-corrected chi connectivity index (χ0v) is 13.1. The summed E-state index contributed by atoms with van der Waals surface area (Å²) in [6.07, 6.45) is 0. The largest absolute Gasteiger partial charge is 0.323 e. The van der Waals surface area contributed by atoms with Gasteiger partial charge in [-0.15, -0.1) is 0 Å². The van der Waals surface area contributed by atoms with E-state index in [9.17, 15) is 13.6 Å². The number of halogens is 4. The number of aryl methyl sites for hydroxylation is 1. The van der Waals surface area contributed by atoms with Gasteiger partial charge in [-0.2, -0.15) is 0 Å². The first-order valence-corrected chi connectivity index (χ1v) is 7.02. The summed E-state index contributed by atoms with van der Waals surface area (Å²) in [6.45, 7) is 1.82. The molecule has 2 N–H and O–H groups in total. The van der Waals surface area contributed by atoms with Crippen molar-refractivity contribution in [1.29, 1.82) is 0 Å². The normalized spacial score (nSPS) is 10.3. The number of hydrogen-bond acceptors (Lipinski definition) is 1. The average Bonchev–Trinajstić information content (AvgIpc) is 2.39. The molecule has 2 aromatic carbocycles. The van der Waals surface area contributed by atoms with Crippen LogP contribution in [0.25, 0.3) is 0 Å². The fourth-order valence-corrected chi connectivity index (χ4v) is 2.33. The highest BCUT2D eigenvalue weighted by Gasteiger charge is 2.11. The molecule has 0 saturated carbocycles. The van der Waals surface area contributed by atoms with Crippen LogP contribution in [0.2, 0.25) is 5.02 Å². The van der Waals surface area contributed by atoms with Gasteiger partial charge in [-0.1, -0.05) is 11.6 Å². The van der Waals surface area contributed by atoms with Gasteiger partial charge in [0.25, 0.3) is 0 Å². The van der Waals surface area contributed by atoms with Gasteiger partial charge in [0.2, 0.25) is 0 Å². The molecule has 0 spiro atoms. The first kappa shape index (κ1) is 15.7. The number of hydrogen-bond donors (Lipinski definition) is 2. The molecule has 0 aromatic heterocycles. The van der Waals surface area contributed by atoms with E-state index in [2.05, 4.69) is 26.6 Å². The smallest absolute Gasteiger partial charge is 0.307 e. The summed E-state index contributed by atoms with van der Waals surface area (Å²) in [5.41, 5.74) is 1.16. The monoisotopic (exact) mass is 374 g/mol. The molecule has 3 nitrogen and oxygen atoms in total. The molecule has 2 aromatic rings. The van der Waals surface area contributed by atoms with Crippen molar-refractivity contribution in [2.45, 2.75) is 6.92 Å². The second kappa shape index (κ2) is 6.41. The molecular weight excluding hydrogens is 366 g/mol. The van der Waals surface area contributed by atoms with Gasteiger partial charge in [0, 0.05) is 15.6 Å². The molecule has 0 aliphatic rings. The van der Waals surface area contributed by atoms with Gasteiger partial charge in [-0.05, 0) is 52.7 Å². The third-order valence-electron chi connectivity index (χ3n) is 2.68. The summed E-state index contributed by atoms with van der Waals surface area (Å²) in [5, 5.41) is 5.31. The van der Waals surface area contributed by atoms with E-state index in [1.165, 1.54) is 0 Å². The van der Waals surface area contributed by atoms with Crippen molar-refractivity contribution >= 4 is 44.9 Å². The Labute approximate surface area is 133 Å². The maximum Gasteiger partial charge on any atom is 0.323 e. The number of urea groups is 1. The minimum Gasteiger partial charge on any atom is -0.307 e. The van der Waals surface area contributed by atoms with Crippen molar-refractivity contribution in [1.82, 2.24) is 0 Å². The number of carbonyl (C=O) groups is 1. The van der Waals surface area contributed by atoms with E-state index in [0.717, 1.165) is 17.7 Å². The van der Waals surface area contributed by atoms with Crippen LogP contribution in [0.15, 0.2) is 34.8 Å². The molecule has 0 atom stereocenters. The summed E-state index contributed by atoms with van der Waals surface area (Å²) in [5.74, 6) is -1.57. The number of carbonyl (C=O) groups excluding carboxylic acids is 1. The molecule has 21 heavy (non-hydrogen) atoms. The summed E-state index contributed by atoms with van der Waals surface area (Å²) in [4.78, 5) is 11.8. The van der Waals surface area contributed by atoms with Gasteiger partial charge < -0.3 is 10.6 Å². The minimum atomic E-state index is -0.855. The van der Waals surface area contributed by atoms with E-state index in [4.69, 9.17) is 11.6 Å². The summed E-state index contributed by atoms with van der Waals surface area (Å²) in [7, 11) is 0. The van der Waals surface area contributed by atoms with Crippen molar-refractivity contribution in [3.63, 3.8) is 0 Å². The fraction of sp³-hybridized carbons (Fsp3) is 0.0714. The number of nitrogens with one attached hydrogen (secondary N) is 2. The van der Waals surface area contributed by atoms with E-state index in [1.807, 2.05) is 6.92 Å². The van der Waals surface area contributed by atoms with Crippen molar-refractivity contribution in [2.75, 3.05) is 10.6 Å². The lowest BCUT2D eigenvalue weighted by Crippen LogP contribution is -2.20. The van der Waals surface area contributed by atoms with Crippen LogP contribution in [0.3, 0.4) is 0 Å². The molecule has 0 heterocycles. The minimum absolute atomic E-state index is 0.122. The van der Waals surface area contributed by atoms with Gasteiger partial charge >= 0.3 is 6.03 Å². The Morgan fingerprint density at radius 3 is 2.48 bits per heavy atom. The standard InChI is InChI=1S/C14H10BrClF2N2O/c1-7-4-9(15)13(6-10(7)16)20-14(21)19-12-3-2-8(17)5-11(12)18/h2-6H,1H3,(H2,19,20,21). The van der Waals surface area contributed by atoms with Crippen LogP contribution < -0.4 is 10.6 Å². The lowest BCUT2D eigenvalue weighted by atomic mass is 10.2. The van der Waals surface area contributed by atoms with Crippen molar-refractivity contribution in [3.8, 4) is 0 Å². The highest BCUT2D eigenvalue weighted by molar-refractivity contribution is 9.10. The van der Waals surface area contributed by atoms with Gasteiger partial charge in [-0.3, -0.25) is 0 Å². The van der Waals surface area contributed by atoms with E-state index >= 15 is 0 Å². The Morgan fingerprint density at radius 2 is 1.81 bits per heavy atom. The molecular formula is C14H10BrClF2N2O. The lowest BCUT2D eigenvalue weighted by Gasteiger charge is -2.11. The second-order valence-electron chi connectivity index (χ2n) is 4.28. The molecule has 7 heteroatoms. The molecule has 0 unspecified atom stereocenters. The van der Waals surface area contributed by atoms with Crippen LogP contribution in [0.4, 0.5) is 25.0 Å². The molecule has 0 saturated heterocycles. The van der Waals surface area contributed by atoms with Crippen molar-refractivity contribution in [3.05, 3.63) is 57.0 Å². The van der Waals surface area contributed by atoms with Crippen LogP contribution >= 0.6 is 27.5 Å². The maximum absolute atomic E-state index is 13.4. The van der Waals surface area contributed by atoms with Gasteiger partial charge in [0.15, 0.2) is 0 Å². The van der Waals surface area contributed by atoms with Crippen molar-refractivity contribution < 1.29 is 13.6 Å². The topological polar surface area (TPSA) is 41.1 Å². The summed E-state index contributed by atoms with van der Waals surface area (Å²) < 4.78 is 26.8. The Bertz CT molecular complexity index is 710. The van der Waals surface area contributed by atoms with Gasteiger partial charge in [-0.25, -0.2) is 13.6 Å². The van der Waals surface area contributed by atoms with Crippen LogP contribution in [0.1, 0.15) is 5.56 Å². The number of amides is 2. The zero-order chi connectivity index (χ0) is 15.6. The second-order valence-corrected chi connectivity index (χ2v) is 5.55. The van der Waals surface area contributed by atoms with Crippen LogP contribution in [-0.4, -0.2) is 6.03 Å². The molecule has 2 amide bonds. The predicted molar refractivity (Wildman–Crippen MR) is 82.9 cm³/mol. The van der Waals surface area contributed by atoms with E-state index in [0.29, 0.717) is 21.2 Å². The lowest BCUT2D eigenvalue weighted by molar-refractivity contribution is 0.262. The molecule has 2 rings (SSSR count). The highest BCUT2D eigenvalue weighted by atomic mass is 79.9. The molecule has 110 valence electrons. The quantitative estimate of drug-likeness (QED) is 0.731. The predicted octanol–water partition coefficient (Wildman–Crippen LogP) is 5.33. The first-order valence-electron chi connectivity index (χ1n) is 5.85. The molecule has 0 bridgehead atoms. The van der Waals surface area contributed by atoms with E-state index in [1.54, 1.807) is 12.1 Å². The van der Waals surface area contributed by atoms with E-state index < -0.39 is 17.7 Å².